The highest BCUT2D eigenvalue weighted by molar-refractivity contribution is 7.81. The van der Waals surface area contributed by atoms with Gasteiger partial charge in [-0.1, -0.05) is 26.2 Å². The molecule has 0 saturated heterocycles. The number of hydrogen-bond acceptors (Lipinski definition) is 4. The van der Waals surface area contributed by atoms with E-state index in [-0.39, 0.29) is 18.4 Å². The van der Waals surface area contributed by atoms with Gasteiger partial charge in [-0.3, -0.25) is 4.79 Å². The Morgan fingerprint density at radius 3 is 2.38 bits per heavy atom. The first-order valence-electron chi connectivity index (χ1n) is 5.54. The maximum Gasteiger partial charge on any atom is 0.324 e. The summed E-state index contributed by atoms with van der Waals surface area (Å²) >= 11 is 4.24. The zero-order chi connectivity index (χ0) is 11.9. The van der Waals surface area contributed by atoms with Gasteiger partial charge in [0, 0.05) is 4.75 Å². The first-order chi connectivity index (χ1) is 6.89. The van der Waals surface area contributed by atoms with E-state index in [0.717, 1.165) is 12.8 Å². The fourth-order valence-electron chi connectivity index (χ4n) is 1.08. The average molecular weight is 270 g/mol. The third kappa shape index (κ3) is 8.25. The van der Waals surface area contributed by atoms with Gasteiger partial charge in [0.25, 0.3) is 0 Å². The van der Waals surface area contributed by atoms with E-state index in [0.29, 0.717) is 6.61 Å². The van der Waals surface area contributed by atoms with Crippen LogP contribution in [0.4, 0.5) is 0 Å². The molecule has 0 amide bonds. The van der Waals surface area contributed by atoms with Crippen molar-refractivity contribution in [1.29, 1.82) is 0 Å². The quantitative estimate of drug-likeness (QED) is 0.424. The number of nitrogens with two attached hydrogens (primary N) is 1. The molecular formula is C11H24ClNO2S. The molecule has 0 radical (unpaired) electrons. The zero-order valence-electron chi connectivity index (χ0n) is 10.4. The molecular weight excluding hydrogens is 246 g/mol. The van der Waals surface area contributed by atoms with Gasteiger partial charge < -0.3 is 10.5 Å². The third-order valence-corrected chi connectivity index (χ3v) is 2.54. The van der Waals surface area contributed by atoms with Gasteiger partial charge in [-0.15, -0.1) is 12.4 Å². The summed E-state index contributed by atoms with van der Waals surface area (Å²) in [5, 5.41) is 0. The lowest BCUT2D eigenvalue weighted by molar-refractivity contribution is -0.145. The monoisotopic (exact) mass is 269 g/mol. The van der Waals surface area contributed by atoms with E-state index in [4.69, 9.17) is 10.5 Å². The molecule has 0 aliphatic rings. The highest BCUT2D eigenvalue weighted by Crippen LogP contribution is 2.16. The Hall–Kier alpha value is 0.0700. The van der Waals surface area contributed by atoms with Gasteiger partial charge in [-0.05, 0) is 20.3 Å². The molecule has 0 saturated carbocycles. The van der Waals surface area contributed by atoms with Gasteiger partial charge in [0.2, 0.25) is 0 Å². The predicted molar refractivity (Wildman–Crippen MR) is 73.4 cm³/mol. The number of carbonyl (C=O) groups is 1. The van der Waals surface area contributed by atoms with Crippen LogP contribution in [0.25, 0.3) is 0 Å². The molecule has 0 aliphatic heterocycles. The molecule has 0 aliphatic carbocycles. The van der Waals surface area contributed by atoms with Crippen molar-refractivity contribution in [1.82, 2.24) is 0 Å². The number of esters is 1. The Morgan fingerprint density at radius 1 is 1.38 bits per heavy atom. The van der Waals surface area contributed by atoms with Crippen LogP contribution in [0, 0.1) is 0 Å². The topological polar surface area (TPSA) is 52.3 Å². The fourth-order valence-corrected chi connectivity index (χ4v) is 1.19. The normalized spacial score (nSPS) is 12.8. The van der Waals surface area contributed by atoms with Crippen molar-refractivity contribution in [2.45, 2.75) is 57.2 Å². The Balaban J connectivity index is 0. The summed E-state index contributed by atoms with van der Waals surface area (Å²) in [6.45, 7) is 6.22. The maximum absolute atomic E-state index is 11.4. The predicted octanol–water partition coefficient (Wildman–Crippen LogP) is 2.57. The summed E-state index contributed by atoms with van der Waals surface area (Å²) in [6.07, 6.45) is 4.38. The van der Waals surface area contributed by atoms with E-state index in [1.165, 1.54) is 12.8 Å². The largest absolute Gasteiger partial charge is 0.464 e. The average Bonchev–Trinajstić information content (AvgIpc) is 2.14. The lowest BCUT2D eigenvalue weighted by Crippen LogP contribution is -2.46. The van der Waals surface area contributed by atoms with Crippen molar-refractivity contribution in [3.05, 3.63) is 0 Å². The van der Waals surface area contributed by atoms with Crippen LogP contribution in [0.2, 0.25) is 0 Å². The van der Waals surface area contributed by atoms with Crippen molar-refractivity contribution in [3.8, 4) is 0 Å². The molecule has 0 aromatic heterocycles. The van der Waals surface area contributed by atoms with Gasteiger partial charge in [0.1, 0.15) is 6.04 Å². The van der Waals surface area contributed by atoms with Crippen molar-refractivity contribution in [2.24, 2.45) is 5.73 Å². The summed E-state index contributed by atoms with van der Waals surface area (Å²) in [6, 6.07) is -0.660. The first-order valence-corrected chi connectivity index (χ1v) is 5.99. The van der Waals surface area contributed by atoms with Crippen LogP contribution >= 0.6 is 25.0 Å². The van der Waals surface area contributed by atoms with Crippen LogP contribution in [0.15, 0.2) is 0 Å². The molecule has 16 heavy (non-hydrogen) atoms. The number of hydrogen-bond donors (Lipinski definition) is 2. The van der Waals surface area contributed by atoms with Crippen LogP contribution in [0.5, 0.6) is 0 Å². The van der Waals surface area contributed by atoms with Crippen LogP contribution in [-0.2, 0) is 9.53 Å². The summed E-state index contributed by atoms with van der Waals surface area (Å²) in [7, 11) is 0. The second-order valence-corrected chi connectivity index (χ2v) is 5.51. The lowest BCUT2D eigenvalue weighted by atomic mass is 10.0. The lowest BCUT2D eigenvalue weighted by Gasteiger charge is -2.23. The molecule has 0 spiro atoms. The molecule has 0 fully saturated rings. The highest BCUT2D eigenvalue weighted by Gasteiger charge is 2.29. The maximum atomic E-state index is 11.4. The van der Waals surface area contributed by atoms with Crippen molar-refractivity contribution in [3.63, 3.8) is 0 Å². The Morgan fingerprint density at radius 2 is 1.94 bits per heavy atom. The van der Waals surface area contributed by atoms with Crippen LogP contribution in [0.3, 0.4) is 0 Å². The Bertz CT molecular complexity index is 195. The van der Waals surface area contributed by atoms with Gasteiger partial charge in [0.05, 0.1) is 6.61 Å². The molecule has 0 unspecified atom stereocenters. The molecule has 0 aromatic rings. The summed E-state index contributed by atoms with van der Waals surface area (Å²) in [5.41, 5.74) is 5.68. The van der Waals surface area contributed by atoms with E-state index in [1.807, 2.05) is 0 Å². The smallest absolute Gasteiger partial charge is 0.324 e. The van der Waals surface area contributed by atoms with Crippen molar-refractivity contribution in [2.75, 3.05) is 6.61 Å². The first kappa shape index (κ1) is 18.4. The second-order valence-electron chi connectivity index (χ2n) is 4.36. The van der Waals surface area contributed by atoms with Crippen LogP contribution in [-0.4, -0.2) is 23.4 Å². The molecule has 98 valence electrons. The Kier molecular flexibility index (Phi) is 10.5. The number of carbonyl (C=O) groups excluding carboxylic acids is 1. The summed E-state index contributed by atoms with van der Waals surface area (Å²) < 4.78 is 4.54. The van der Waals surface area contributed by atoms with E-state index in [2.05, 4.69) is 19.6 Å². The number of ether oxygens (including phenoxy) is 1. The minimum absolute atomic E-state index is 0. The van der Waals surface area contributed by atoms with Gasteiger partial charge >= 0.3 is 5.97 Å². The summed E-state index contributed by atoms with van der Waals surface area (Å²) in [4.78, 5) is 11.4. The number of rotatable bonds is 7. The zero-order valence-corrected chi connectivity index (χ0v) is 12.1. The molecule has 3 nitrogen and oxygen atoms in total. The van der Waals surface area contributed by atoms with Crippen molar-refractivity contribution >= 4 is 31.0 Å². The summed E-state index contributed by atoms with van der Waals surface area (Å²) in [5.74, 6) is -0.355. The van der Waals surface area contributed by atoms with Gasteiger partial charge in [0.15, 0.2) is 0 Å². The van der Waals surface area contributed by atoms with E-state index in [1.54, 1.807) is 13.8 Å². The van der Waals surface area contributed by atoms with Crippen LogP contribution in [0.1, 0.15) is 46.5 Å². The molecule has 0 bridgehead atoms. The number of thiol groups is 1. The molecule has 0 heterocycles. The fraction of sp³-hybridized carbons (Fsp3) is 0.909. The number of halogens is 1. The van der Waals surface area contributed by atoms with E-state index in [9.17, 15) is 4.79 Å². The third-order valence-electron chi connectivity index (χ3n) is 2.26. The van der Waals surface area contributed by atoms with E-state index >= 15 is 0 Å². The standard InChI is InChI=1S/C11H23NO2S.ClH/c1-4-5-6-7-8-14-10(13)9(12)11(2,3)15;/h9,15H,4-8,12H2,1-3H3;1H/t9-;/m1./s1. The van der Waals surface area contributed by atoms with Crippen molar-refractivity contribution < 1.29 is 9.53 Å². The molecule has 1 atom stereocenters. The molecule has 5 heteroatoms. The SMILES string of the molecule is CCCCCCOC(=O)[C@@H](N)C(C)(C)S.Cl. The van der Waals surface area contributed by atoms with Gasteiger partial charge in [-0.25, -0.2) is 0 Å². The number of unbranched alkanes of at least 4 members (excludes halogenated alkanes) is 3. The minimum atomic E-state index is -0.660. The van der Waals surface area contributed by atoms with E-state index < -0.39 is 10.8 Å². The molecule has 2 N–H and O–H groups in total. The minimum Gasteiger partial charge on any atom is -0.464 e. The van der Waals surface area contributed by atoms with Gasteiger partial charge in [-0.2, -0.15) is 12.6 Å². The highest BCUT2D eigenvalue weighted by atomic mass is 35.5. The van der Waals surface area contributed by atoms with Crippen LogP contribution < -0.4 is 5.73 Å². The molecule has 0 aromatic carbocycles. The Labute approximate surface area is 110 Å². The molecule has 0 rings (SSSR count). The second kappa shape index (κ2) is 9.14.